The number of anilines is 1. The monoisotopic (exact) mass is 369 g/mol. The maximum absolute atomic E-state index is 12.3. The van der Waals surface area contributed by atoms with Crippen molar-refractivity contribution in [2.45, 2.75) is 45.3 Å². The van der Waals surface area contributed by atoms with Gasteiger partial charge in [-0.25, -0.2) is 4.79 Å². The predicted octanol–water partition coefficient (Wildman–Crippen LogP) is -1.05. The third kappa shape index (κ3) is 4.43. The lowest BCUT2D eigenvalue weighted by atomic mass is 10.1. The Kier molecular flexibility index (Phi) is 6.05. The van der Waals surface area contributed by atoms with Gasteiger partial charge in [-0.3, -0.25) is 19.0 Å². The van der Waals surface area contributed by atoms with Crippen LogP contribution in [0.15, 0.2) is 17.1 Å². The standard InChI is InChI=1S/C15H19N3O8/c1-7(20)16-11-4-5-18(15(23)17-11)14-13(25-9(3)22)12(24-8(2)21)10(6-19)26-14/h4-5,10,12-14,19H,6H2,1-3H3,(H,16,17,20,23)/t10-,12-,13-,14-/m1/s1. The van der Waals surface area contributed by atoms with E-state index in [1.807, 2.05) is 0 Å². The van der Waals surface area contributed by atoms with E-state index in [0.717, 1.165) is 18.4 Å². The minimum Gasteiger partial charge on any atom is -0.456 e. The molecule has 1 aromatic heterocycles. The maximum Gasteiger partial charge on any atom is 0.351 e. The van der Waals surface area contributed by atoms with Crippen LogP contribution in [0.25, 0.3) is 0 Å². The average Bonchev–Trinajstić information content (AvgIpc) is 2.83. The third-order valence-electron chi connectivity index (χ3n) is 3.48. The number of aliphatic hydroxyl groups is 1. The minimum atomic E-state index is -1.17. The minimum absolute atomic E-state index is 0.0380. The number of carbonyl (C=O) groups excluding carboxylic acids is 3. The molecular formula is C15H19N3O8. The molecule has 11 nitrogen and oxygen atoms in total. The maximum atomic E-state index is 12.3. The molecule has 0 aliphatic carbocycles. The van der Waals surface area contributed by atoms with E-state index in [9.17, 15) is 24.3 Å². The molecule has 2 N–H and O–H groups in total. The molecule has 26 heavy (non-hydrogen) atoms. The molecule has 1 aromatic rings. The van der Waals surface area contributed by atoms with Crippen LogP contribution in [-0.2, 0) is 28.6 Å². The Balaban J connectivity index is 2.38. The van der Waals surface area contributed by atoms with E-state index in [1.54, 1.807) is 0 Å². The smallest absolute Gasteiger partial charge is 0.351 e. The lowest BCUT2D eigenvalue weighted by molar-refractivity contribution is -0.165. The second kappa shape index (κ2) is 8.06. The number of nitrogens with zero attached hydrogens (tertiary/aromatic N) is 2. The molecule has 0 saturated carbocycles. The van der Waals surface area contributed by atoms with E-state index in [1.165, 1.54) is 19.2 Å². The second-order valence-corrected chi connectivity index (χ2v) is 5.58. The molecule has 0 bridgehead atoms. The summed E-state index contributed by atoms with van der Waals surface area (Å²) in [4.78, 5) is 49.8. The van der Waals surface area contributed by atoms with Crippen molar-refractivity contribution >= 4 is 23.7 Å². The SMILES string of the molecule is CC(=O)Nc1ccn([C@@H]2O[C@H](CO)[C@@H](OC(C)=O)[C@H]2OC(C)=O)c(=O)n1. The van der Waals surface area contributed by atoms with E-state index < -0.39 is 54.7 Å². The van der Waals surface area contributed by atoms with Gasteiger partial charge in [0.1, 0.15) is 11.9 Å². The number of rotatable bonds is 5. The third-order valence-corrected chi connectivity index (χ3v) is 3.48. The van der Waals surface area contributed by atoms with E-state index in [-0.39, 0.29) is 5.82 Å². The highest BCUT2D eigenvalue weighted by atomic mass is 16.6. The molecule has 0 spiro atoms. The zero-order valence-corrected chi connectivity index (χ0v) is 14.4. The van der Waals surface area contributed by atoms with Crippen molar-refractivity contribution in [3.05, 3.63) is 22.7 Å². The van der Waals surface area contributed by atoms with Crippen molar-refractivity contribution in [1.82, 2.24) is 9.55 Å². The van der Waals surface area contributed by atoms with Gasteiger partial charge in [0.15, 0.2) is 18.4 Å². The topological polar surface area (TPSA) is 146 Å². The zero-order valence-electron chi connectivity index (χ0n) is 14.4. The highest BCUT2D eigenvalue weighted by Gasteiger charge is 2.50. The molecule has 1 amide bonds. The Morgan fingerprint density at radius 3 is 2.35 bits per heavy atom. The summed E-state index contributed by atoms with van der Waals surface area (Å²) in [6, 6.07) is 1.35. The molecule has 2 rings (SSSR count). The van der Waals surface area contributed by atoms with Crippen LogP contribution < -0.4 is 11.0 Å². The molecule has 1 saturated heterocycles. The predicted molar refractivity (Wildman–Crippen MR) is 84.9 cm³/mol. The molecule has 1 aliphatic heterocycles. The summed E-state index contributed by atoms with van der Waals surface area (Å²) in [7, 11) is 0. The van der Waals surface area contributed by atoms with Gasteiger partial charge >= 0.3 is 17.6 Å². The van der Waals surface area contributed by atoms with E-state index in [2.05, 4.69) is 10.3 Å². The molecule has 0 radical (unpaired) electrons. The van der Waals surface area contributed by atoms with E-state index in [4.69, 9.17) is 14.2 Å². The molecule has 4 atom stereocenters. The number of nitrogens with one attached hydrogen (secondary N) is 1. The Morgan fingerprint density at radius 2 is 1.85 bits per heavy atom. The Morgan fingerprint density at radius 1 is 1.23 bits per heavy atom. The van der Waals surface area contributed by atoms with Crippen LogP contribution >= 0.6 is 0 Å². The van der Waals surface area contributed by atoms with E-state index in [0.29, 0.717) is 0 Å². The summed E-state index contributed by atoms with van der Waals surface area (Å²) < 4.78 is 16.8. The number of aliphatic hydroxyl groups excluding tert-OH is 1. The molecule has 0 unspecified atom stereocenters. The van der Waals surface area contributed by atoms with Gasteiger partial charge in [-0.1, -0.05) is 0 Å². The van der Waals surface area contributed by atoms with Crippen LogP contribution in [0.4, 0.5) is 5.82 Å². The van der Waals surface area contributed by atoms with Crippen molar-refractivity contribution in [2.75, 3.05) is 11.9 Å². The fourth-order valence-corrected chi connectivity index (χ4v) is 2.59. The quantitative estimate of drug-likeness (QED) is 0.621. The van der Waals surface area contributed by atoms with Gasteiger partial charge in [-0.05, 0) is 6.07 Å². The number of hydrogen-bond acceptors (Lipinski definition) is 9. The summed E-state index contributed by atoms with van der Waals surface area (Å²) in [6.07, 6.45) is -3.17. The van der Waals surface area contributed by atoms with Gasteiger partial charge in [0, 0.05) is 27.0 Å². The first-order valence-electron chi connectivity index (χ1n) is 7.70. The number of hydrogen-bond donors (Lipinski definition) is 2. The van der Waals surface area contributed by atoms with Crippen LogP contribution in [0, 0.1) is 0 Å². The summed E-state index contributed by atoms with van der Waals surface area (Å²) in [6.45, 7) is 3.04. The fourth-order valence-electron chi connectivity index (χ4n) is 2.59. The molecule has 1 aliphatic rings. The summed E-state index contributed by atoms with van der Waals surface area (Å²) in [5.74, 6) is -1.72. The summed E-state index contributed by atoms with van der Waals surface area (Å²) in [5.41, 5.74) is -0.793. The van der Waals surface area contributed by atoms with Gasteiger partial charge in [-0.2, -0.15) is 4.98 Å². The van der Waals surface area contributed by atoms with Crippen molar-refractivity contribution in [3.63, 3.8) is 0 Å². The van der Waals surface area contributed by atoms with Gasteiger partial charge in [0.05, 0.1) is 6.61 Å². The van der Waals surface area contributed by atoms with Gasteiger partial charge < -0.3 is 24.6 Å². The first-order chi connectivity index (χ1) is 12.2. The Bertz CT molecular complexity index is 762. The lowest BCUT2D eigenvalue weighted by Gasteiger charge is -2.23. The number of carbonyl (C=O) groups is 3. The molecule has 1 fully saturated rings. The summed E-state index contributed by atoms with van der Waals surface area (Å²) in [5, 5.41) is 11.8. The van der Waals surface area contributed by atoms with Crippen molar-refractivity contribution < 1.29 is 33.7 Å². The highest BCUT2D eigenvalue weighted by Crippen LogP contribution is 2.33. The Hall–Kier alpha value is -2.79. The number of amides is 1. The van der Waals surface area contributed by atoms with Crippen LogP contribution in [0.2, 0.25) is 0 Å². The fraction of sp³-hybridized carbons (Fsp3) is 0.533. The van der Waals surface area contributed by atoms with Crippen LogP contribution in [0.1, 0.15) is 27.0 Å². The molecule has 11 heteroatoms. The first kappa shape index (κ1) is 19.5. The zero-order chi connectivity index (χ0) is 19.4. The average molecular weight is 369 g/mol. The van der Waals surface area contributed by atoms with E-state index >= 15 is 0 Å². The highest BCUT2D eigenvalue weighted by molar-refractivity contribution is 5.87. The summed E-state index contributed by atoms with van der Waals surface area (Å²) >= 11 is 0. The number of ether oxygens (including phenoxy) is 3. The molecular weight excluding hydrogens is 350 g/mol. The normalized spacial score (nSPS) is 24.8. The lowest BCUT2D eigenvalue weighted by Crippen LogP contribution is -2.41. The van der Waals surface area contributed by atoms with Gasteiger partial charge in [0.2, 0.25) is 5.91 Å². The van der Waals surface area contributed by atoms with Crippen LogP contribution in [-0.4, -0.2) is 57.4 Å². The van der Waals surface area contributed by atoms with Crippen LogP contribution in [0.3, 0.4) is 0 Å². The number of esters is 2. The molecule has 2 heterocycles. The number of aromatic nitrogens is 2. The molecule has 142 valence electrons. The van der Waals surface area contributed by atoms with Crippen LogP contribution in [0.5, 0.6) is 0 Å². The van der Waals surface area contributed by atoms with Crippen molar-refractivity contribution in [1.29, 1.82) is 0 Å². The first-order valence-corrected chi connectivity index (χ1v) is 7.70. The van der Waals surface area contributed by atoms with Crippen molar-refractivity contribution in [3.8, 4) is 0 Å². The van der Waals surface area contributed by atoms with Crippen molar-refractivity contribution in [2.24, 2.45) is 0 Å². The van der Waals surface area contributed by atoms with Gasteiger partial charge in [0.25, 0.3) is 0 Å². The largest absolute Gasteiger partial charge is 0.456 e. The van der Waals surface area contributed by atoms with Gasteiger partial charge in [-0.15, -0.1) is 0 Å². The second-order valence-electron chi connectivity index (χ2n) is 5.58. The molecule has 0 aromatic carbocycles. The Labute approximate surface area is 147 Å².